The molecule has 0 aliphatic carbocycles. The van der Waals surface area contributed by atoms with Gasteiger partial charge < -0.3 is 4.74 Å². The lowest BCUT2D eigenvalue weighted by Gasteiger charge is -2.36. The van der Waals surface area contributed by atoms with Gasteiger partial charge in [-0.3, -0.25) is 0 Å². The monoisotopic (exact) mass is 302 g/mol. The summed E-state index contributed by atoms with van der Waals surface area (Å²) in [5.41, 5.74) is 3.89. The summed E-state index contributed by atoms with van der Waals surface area (Å²) in [6.07, 6.45) is 5.74. The van der Waals surface area contributed by atoms with E-state index in [-0.39, 0.29) is 11.5 Å². The molecule has 1 nitrogen and oxygen atoms in total. The van der Waals surface area contributed by atoms with Gasteiger partial charge in [0.25, 0.3) is 0 Å². The molecular formula is C22H22O. The molecule has 0 amide bonds. The minimum atomic E-state index is -0.0509. The summed E-state index contributed by atoms with van der Waals surface area (Å²) in [6, 6.07) is 21.5. The smallest absolute Gasteiger partial charge is 0.138 e. The van der Waals surface area contributed by atoms with Crippen LogP contribution in [-0.2, 0) is 10.2 Å². The first kappa shape index (κ1) is 14.3. The van der Waals surface area contributed by atoms with Gasteiger partial charge in [-0.15, -0.1) is 0 Å². The number of fused-ring (bicyclic) bond motifs is 2. The van der Waals surface area contributed by atoms with Crippen LogP contribution < -0.4 is 0 Å². The first-order chi connectivity index (χ1) is 11.2. The fraction of sp³-hybridized carbons (Fsp3) is 0.273. The fourth-order valence-electron chi connectivity index (χ4n) is 4.06. The van der Waals surface area contributed by atoms with Gasteiger partial charge in [0.1, 0.15) is 11.9 Å². The van der Waals surface area contributed by atoms with E-state index in [0.29, 0.717) is 5.92 Å². The standard InChI is InChI=1S/C22H22O/c1-16(2)14-22(18-11-7-4-8-12-18)15-19-13-20(21(22)23-19)17-9-5-3-6-10-17/h3-13,15-16,21H,14H2,1-2H3. The zero-order valence-electron chi connectivity index (χ0n) is 13.7. The Kier molecular flexibility index (Phi) is 3.37. The summed E-state index contributed by atoms with van der Waals surface area (Å²) in [4.78, 5) is 0. The second-order valence-corrected chi connectivity index (χ2v) is 7.01. The Labute approximate surface area is 138 Å². The predicted molar refractivity (Wildman–Crippen MR) is 95.0 cm³/mol. The van der Waals surface area contributed by atoms with Crippen molar-refractivity contribution >= 4 is 5.57 Å². The maximum Gasteiger partial charge on any atom is 0.138 e. The van der Waals surface area contributed by atoms with Crippen LogP contribution in [0.5, 0.6) is 0 Å². The number of hydrogen-bond acceptors (Lipinski definition) is 1. The van der Waals surface area contributed by atoms with E-state index in [1.165, 1.54) is 16.7 Å². The van der Waals surface area contributed by atoms with E-state index in [1.54, 1.807) is 0 Å². The van der Waals surface area contributed by atoms with Crippen molar-refractivity contribution in [3.8, 4) is 0 Å². The molecule has 2 atom stereocenters. The molecule has 23 heavy (non-hydrogen) atoms. The minimum absolute atomic E-state index is 0.0509. The molecule has 0 saturated carbocycles. The Hall–Kier alpha value is -2.28. The molecule has 0 spiro atoms. The van der Waals surface area contributed by atoms with E-state index in [1.807, 2.05) is 0 Å². The normalized spacial score (nSPS) is 25.3. The van der Waals surface area contributed by atoms with E-state index < -0.39 is 0 Å². The van der Waals surface area contributed by atoms with Crippen molar-refractivity contribution in [3.63, 3.8) is 0 Å². The topological polar surface area (TPSA) is 9.23 Å². The molecule has 2 heterocycles. The van der Waals surface area contributed by atoms with Gasteiger partial charge in [-0.25, -0.2) is 0 Å². The van der Waals surface area contributed by atoms with Gasteiger partial charge in [-0.1, -0.05) is 74.5 Å². The molecule has 4 rings (SSSR count). The van der Waals surface area contributed by atoms with Gasteiger partial charge in [0.2, 0.25) is 0 Å². The highest BCUT2D eigenvalue weighted by molar-refractivity contribution is 5.78. The Morgan fingerprint density at radius 3 is 2.22 bits per heavy atom. The van der Waals surface area contributed by atoms with Crippen LogP contribution in [0.25, 0.3) is 5.57 Å². The van der Waals surface area contributed by atoms with Crippen LogP contribution in [0.4, 0.5) is 0 Å². The zero-order valence-corrected chi connectivity index (χ0v) is 13.7. The highest BCUT2D eigenvalue weighted by Gasteiger charge is 2.50. The van der Waals surface area contributed by atoms with Crippen molar-refractivity contribution in [1.82, 2.24) is 0 Å². The highest BCUT2D eigenvalue weighted by Crippen LogP contribution is 2.52. The Balaban J connectivity index is 1.81. The van der Waals surface area contributed by atoms with Crippen molar-refractivity contribution in [2.75, 3.05) is 0 Å². The highest BCUT2D eigenvalue weighted by atomic mass is 16.5. The molecule has 2 unspecified atom stereocenters. The Bertz CT molecular complexity index is 755. The van der Waals surface area contributed by atoms with Crippen LogP contribution in [0.2, 0.25) is 0 Å². The molecule has 0 N–H and O–H groups in total. The number of allylic oxidation sites excluding steroid dienone is 1. The zero-order chi connectivity index (χ0) is 15.9. The van der Waals surface area contributed by atoms with Crippen molar-refractivity contribution in [2.45, 2.75) is 31.8 Å². The lowest BCUT2D eigenvalue weighted by atomic mass is 9.67. The number of benzene rings is 2. The molecule has 0 radical (unpaired) electrons. The van der Waals surface area contributed by atoms with Crippen molar-refractivity contribution in [1.29, 1.82) is 0 Å². The van der Waals surface area contributed by atoms with E-state index in [2.05, 4.69) is 86.7 Å². The molecule has 2 aliphatic rings. The summed E-state index contributed by atoms with van der Waals surface area (Å²) >= 11 is 0. The molecule has 2 aromatic carbocycles. The fourth-order valence-corrected chi connectivity index (χ4v) is 4.06. The summed E-state index contributed by atoms with van der Waals surface area (Å²) in [5.74, 6) is 1.63. The van der Waals surface area contributed by atoms with Crippen molar-refractivity contribution in [3.05, 3.63) is 89.7 Å². The molecule has 2 bridgehead atoms. The van der Waals surface area contributed by atoms with Gasteiger partial charge in [0, 0.05) is 5.57 Å². The Morgan fingerprint density at radius 1 is 0.957 bits per heavy atom. The van der Waals surface area contributed by atoms with Gasteiger partial charge >= 0.3 is 0 Å². The second kappa shape index (κ2) is 5.42. The van der Waals surface area contributed by atoms with Crippen LogP contribution in [0, 0.1) is 5.92 Å². The molecule has 0 saturated heterocycles. The SMILES string of the molecule is CC(C)CC1(c2ccccc2)C=C2C=C(c3ccccc3)C1O2. The third-order valence-corrected chi connectivity index (χ3v) is 4.87. The third kappa shape index (κ3) is 2.31. The average Bonchev–Trinajstić information content (AvgIpc) is 3.14. The van der Waals surface area contributed by atoms with Crippen LogP contribution >= 0.6 is 0 Å². The minimum Gasteiger partial charge on any atom is -0.485 e. The van der Waals surface area contributed by atoms with E-state index in [4.69, 9.17) is 4.74 Å². The van der Waals surface area contributed by atoms with E-state index in [9.17, 15) is 0 Å². The van der Waals surface area contributed by atoms with Gasteiger partial charge in [-0.2, -0.15) is 0 Å². The Morgan fingerprint density at radius 2 is 1.61 bits per heavy atom. The molecule has 2 aliphatic heterocycles. The van der Waals surface area contributed by atoms with E-state index in [0.717, 1.165) is 12.2 Å². The summed E-state index contributed by atoms with van der Waals surface area (Å²) < 4.78 is 6.28. The molecule has 116 valence electrons. The van der Waals surface area contributed by atoms with Crippen LogP contribution in [0.15, 0.2) is 78.6 Å². The number of ether oxygens (including phenoxy) is 1. The second-order valence-electron chi connectivity index (χ2n) is 7.01. The predicted octanol–water partition coefficient (Wildman–Crippen LogP) is 5.35. The van der Waals surface area contributed by atoms with Crippen LogP contribution in [0.3, 0.4) is 0 Å². The van der Waals surface area contributed by atoms with Gasteiger partial charge in [0.05, 0.1) is 5.41 Å². The van der Waals surface area contributed by atoms with Gasteiger partial charge in [0.15, 0.2) is 0 Å². The largest absolute Gasteiger partial charge is 0.485 e. The molecular weight excluding hydrogens is 280 g/mol. The summed E-state index contributed by atoms with van der Waals surface area (Å²) in [5, 5.41) is 0. The lowest BCUT2D eigenvalue weighted by molar-refractivity contribution is 0.152. The maximum atomic E-state index is 6.28. The van der Waals surface area contributed by atoms with Crippen molar-refractivity contribution < 1.29 is 4.74 Å². The molecule has 0 fully saturated rings. The number of rotatable bonds is 4. The maximum absolute atomic E-state index is 6.28. The average molecular weight is 302 g/mol. The van der Waals surface area contributed by atoms with Crippen molar-refractivity contribution in [2.24, 2.45) is 5.92 Å². The third-order valence-electron chi connectivity index (χ3n) is 4.87. The lowest BCUT2D eigenvalue weighted by Crippen LogP contribution is -2.37. The quantitative estimate of drug-likeness (QED) is 0.739. The first-order valence-corrected chi connectivity index (χ1v) is 8.41. The summed E-state index contributed by atoms with van der Waals surface area (Å²) in [7, 11) is 0. The van der Waals surface area contributed by atoms with Gasteiger partial charge in [-0.05, 0) is 35.6 Å². The van der Waals surface area contributed by atoms with E-state index >= 15 is 0 Å². The van der Waals surface area contributed by atoms with Crippen LogP contribution in [0.1, 0.15) is 31.4 Å². The number of hydrogen-bond donors (Lipinski definition) is 0. The first-order valence-electron chi connectivity index (χ1n) is 8.41. The molecule has 1 heteroatoms. The summed E-state index contributed by atoms with van der Waals surface area (Å²) in [6.45, 7) is 4.59. The molecule has 0 aromatic heterocycles. The van der Waals surface area contributed by atoms with Crippen LogP contribution in [-0.4, -0.2) is 6.10 Å². The molecule has 2 aromatic rings.